The van der Waals surface area contributed by atoms with Crippen LogP contribution in [0.5, 0.6) is 0 Å². The Morgan fingerprint density at radius 1 is 1.35 bits per heavy atom. The summed E-state index contributed by atoms with van der Waals surface area (Å²) in [6.45, 7) is 4.04. The van der Waals surface area contributed by atoms with Gasteiger partial charge in [0.2, 0.25) is 0 Å². The van der Waals surface area contributed by atoms with Crippen LogP contribution < -0.4 is 5.73 Å². The van der Waals surface area contributed by atoms with Gasteiger partial charge in [-0.25, -0.2) is 9.07 Å². The Morgan fingerprint density at radius 3 is 2.81 bits per heavy atom. The second-order valence-corrected chi connectivity index (χ2v) is 7.48. The number of halogens is 2. The number of carbonyl (C=O) groups excluding carboxylic acids is 1. The summed E-state index contributed by atoms with van der Waals surface area (Å²) in [5, 5.41) is 4.54. The van der Waals surface area contributed by atoms with Crippen molar-refractivity contribution in [1.82, 2.24) is 14.7 Å². The number of likely N-dealkylation sites (tertiary alicyclic amines) is 1. The maximum Gasteiger partial charge on any atom is 0.274 e. The Hall–Kier alpha value is -1.92. The number of rotatable bonds is 3. The van der Waals surface area contributed by atoms with E-state index in [1.807, 2.05) is 4.90 Å². The molecule has 2 aliphatic rings. The third-order valence-corrected chi connectivity index (χ3v) is 5.55. The molecule has 1 unspecified atom stereocenters. The van der Waals surface area contributed by atoms with Crippen LogP contribution in [-0.4, -0.2) is 40.2 Å². The number of carbonyl (C=O) groups is 1. The number of nitrogens with two attached hydrogens (primary N) is 1. The molecule has 1 aliphatic carbocycles. The molecule has 0 spiro atoms. The molecule has 0 bridgehead atoms. The highest BCUT2D eigenvalue weighted by Gasteiger charge is 2.38. The number of amides is 1. The monoisotopic (exact) mass is 378 g/mol. The molecule has 5 nitrogen and oxygen atoms in total. The summed E-state index contributed by atoms with van der Waals surface area (Å²) in [4.78, 5) is 14.9. The highest BCUT2D eigenvalue weighted by molar-refractivity contribution is 5.94. The van der Waals surface area contributed by atoms with Gasteiger partial charge in [-0.15, -0.1) is 12.4 Å². The molecule has 2 heterocycles. The van der Waals surface area contributed by atoms with Gasteiger partial charge in [-0.1, -0.05) is 19.1 Å². The molecule has 1 atom stereocenters. The Balaban J connectivity index is 0.00000196. The predicted octanol–water partition coefficient (Wildman–Crippen LogP) is 2.73. The molecule has 26 heavy (non-hydrogen) atoms. The lowest BCUT2D eigenvalue weighted by molar-refractivity contribution is 0.0769. The molecule has 0 saturated carbocycles. The van der Waals surface area contributed by atoms with Crippen LogP contribution in [0, 0.1) is 11.2 Å². The van der Waals surface area contributed by atoms with E-state index in [0.717, 1.165) is 36.9 Å². The van der Waals surface area contributed by atoms with Crippen molar-refractivity contribution in [2.75, 3.05) is 19.6 Å². The summed E-state index contributed by atoms with van der Waals surface area (Å²) < 4.78 is 15.9. The average Bonchev–Trinajstić information content (AvgIpc) is 3.30. The zero-order valence-corrected chi connectivity index (χ0v) is 15.7. The van der Waals surface area contributed by atoms with E-state index in [1.165, 1.54) is 6.07 Å². The molecule has 140 valence electrons. The topological polar surface area (TPSA) is 64.2 Å². The summed E-state index contributed by atoms with van der Waals surface area (Å²) >= 11 is 0. The zero-order valence-electron chi connectivity index (χ0n) is 14.9. The predicted molar refractivity (Wildman–Crippen MR) is 100 cm³/mol. The van der Waals surface area contributed by atoms with E-state index in [9.17, 15) is 9.18 Å². The van der Waals surface area contributed by atoms with Crippen LogP contribution >= 0.6 is 12.4 Å². The normalized spacial score (nSPS) is 21.6. The first-order chi connectivity index (χ1) is 12.0. The maximum absolute atomic E-state index is 14.2. The number of hydrogen-bond acceptors (Lipinski definition) is 3. The number of nitrogens with zero attached hydrogens (tertiary/aromatic N) is 3. The van der Waals surface area contributed by atoms with Crippen molar-refractivity contribution in [3.8, 4) is 5.69 Å². The fourth-order valence-corrected chi connectivity index (χ4v) is 3.95. The molecule has 1 amide bonds. The summed E-state index contributed by atoms with van der Waals surface area (Å²) in [5.41, 5.74) is 8.68. The lowest BCUT2D eigenvalue weighted by Gasteiger charge is -2.22. The largest absolute Gasteiger partial charge is 0.337 e. The Morgan fingerprint density at radius 2 is 2.12 bits per heavy atom. The maximum atomic E-state index is 14.2. The molecule has 1 fully saturated rings. The third kappa shape index (κ3) is 3.01. The fraction of sp³-hybridized carbons (Fsp3) is 0.474. The van der Waals surface area contributed by atoms with E-state index in [1.54, 1.807) is 22.9 Å². The number of fused-ring (bicyclic) bond motifs is 1. The standard InChI is InChI=1S/C19H23FN4O.ClH/c1-19(11-21)9-10-23(12-19)18(25)17-13-5-4-8-15(13)24(22-17)16-7-3-2-6-14(16)20;/h2-3,6-7H,4-5,8-12,21H2,1H3;1H. The molecule has 4 rings (SSSR count). The van der Waals surface area contributed by atoms with Gasteiger partial charge in [-0.2, -0.15) is 5.10 Å². The van der Waals surface area contributed by atoms with Crippen LogP contribution in [-0.2, 0) is 12.8 Å². The second kappa shape index (κ2) is 7.00. The first kappa shape index (κ1) is 18.9. The van der Waals surface area contributed by atoms with Crippen LogP contribution in [0.4, 0.5) is 4.39 Å². The molecule has 0 radical (unpaired) electrons. The van der Waals surface area contributed by atoms with Crippen molar-refractivity contribution in [2.45, 2.75) is 32.6 Å². The third-order valence-electron chi connectivity index (χ3n) is 5.55. The number of benzene rings is 1. The van der Waals surface area contributed by atoms with Crippen LogP contribution in [0.25, 0.3) is 5.69 Å². The van der Waals surface area contributed by atoms with Crippen molar-refractivity contribution < 1.29 is 9.18 Å². The van der Waals surface area contributed by atoms with Gasteiger partial charge in [0, 0.05) is 24.3 Å². The van der Waals surface area contributed by atoms with Gasteiger partial charge >= 0.3 is 0 Å². The van der Waals surface area contributed by atoms with Crippen molar-refractivity contribution >= 4 is 18.3 Å². The van der Waals surface area contributed by atoms with Gasteiger partial charge < -0.3 is 10.6 Å². The van der Waals surface area contributed by atoms with E-state index >= 15 is 0 Å². The van der Waals surface area contributed by atoms with Crippen molar-refractivity contribution in [3.05, 3.63) is 47.0 Å². The SMILES string of the molecule is CC1(CN)CCN(C(=O)c2nn(-c3ccccc3F)c3c2CCC3)C1.Cl. The lowest BCUT2D eigenvalue weighted by Crippen LogP contribution is -2.35. The van der Waals surface area contributed by atoms with E-state index in [-0.39, 0.29) is 29.5 Å². The van der Waals surface area contributed by atoms with Gasteiger partial charge in [0.1, 0.15) is 11.5 Å². The molecule has 1 aromatic carbocycles. The highest BCUT2D eigenvalue weighted by Crippen LogP contribution is 2.33. The van der Waals surface area contributed by atoms with E-state index in [0.29, 0.717) is 31.0 Å². The fourth-order valence-electron chi connectivity index (χ4n) is 3.95. The van der Waals surface area contributed by atoms with Crippen LogP contribution in [0.3, 0.4) is 0 Å². The first-order valence-corrected chi connectivity index (χ1v) is 8.87. The lowest BCUT2D eigenvalue weighted by atomic mass is 9.90. The van der Waals surface area contributed by atoms with Gasteiger partial charge in [0.15, 0.2) is 5.69 Å². The smallest absolute Gasteiger partial charge is 0.274 e. The molecule has 1 aromatic heterocycles. The van der Waals surface area contributed by atoms with Crippen molar-refractivity contribution in [1.29, 1.82) is 0 Å². The molecule has 7 heteroatoms. The molecular formula is C19H24ClFN4O. The van der Waals surface area contributed by atoms with Crippen LogP contribution in [0.1, 0.15) is 41.5 Å². The quantitative estimate of drug-likeness (QED) is 0.893. The first-order valence-electron chi connectivity index (χ1n) is 8.87. The highest BCUT2D eigenvalue weighted by atomic mass is 35.5. The molecular weight excluding hydrogens is 355 g/mol. The summed E-state index contributed by atoms with van der Waals surface area (Å²) in [6, 6.07) is 6.58. The van der Waals surface area contributed by atoms with Crippen LogP contribution in [0.15, 0.2) is 24.3 Å². The van der Waals surface area contributed by atoms with Crippen molar-refractivity contribution in [2.24, 2.45) is 11.1 Å². The Labute approximate surface area is 158 Å². The van der Waals surface area contributed by atoms with Gasteiger partial charge in [0.25, 0.3) is 5.91 Å². The molecule has 2 aromatic rings. The number of para-hydroxylation sites is 1. The summed E-state index contributed by atoms with van der Waals surface area (Å²) in [7, 11) is 0. The van der Waals surface area contributed by atoms with Crippen molar-refractivity contribution in [3.63, 3.8) is 0 Å². The minimum Gasteiger partial charge on any atom is -0.337 e. The Bertz CT molecular complexity index is 837. The van der Waals surface area contributed by atoms with E-state index in [4.69, 9.17) is 5.73 Å². The Kier molecular flexibility index (Phi) is 5.08. The van der Waals surface area contributed by atoms with E-state index < -0.39 is 0 Å². The van der Waals surface area contributed by atoms with Gasteiger partial charge in [-0.05, 0) is 49.8 Å². The average molecular weight is 379 g/mol. The number of aromatic nitrogens is 2. The molecule has 2 N–H and O–H groups in total. The van der Waals surface area contributed by atoms with Gasteiger partial charge in [0.05, 0.1) is 0 Å². The van der Waals surface area contributed by atoms with Crippen LogP contribution in [0.2, 0.25) is 0 Å². The molecule has 1 aliphatic heterocycles. The molecule has 1 saturated heterocycles. The summed E-state index contributed by atoms with van der Waals surface area (Å²) in [5.74, 6) is -0.374. The van der Waals surface area contributed by atoms with Gasteiger partial charge in [-0.3, -0.25) is 4.79 Å². The minimum atomic E-state index is -0.324. The zero-order chi connectivity index (χ0) is 17.6. The second-order valence-electron chi connectivity index (χ2n) is 7.48. The summed E-state index contributed by atoms with van der Waals surface area (Å²) in [6.07, 6.45) is 3.53. The number of hydrogen-bond donors (Lipinski definition) is 1. The van der Waals surface area contributed by atoms with E-state index in [2.05, 4.69) is 12.0 Å². The minimum absolute atomic E-state index is 0.